The first-order valence-electron chi connectivity index (χ1n) is 7.34. The summed E-state index contributed by atoms with van der Waals surface area (Å²) in [5, 5.41) is 8.09. The SMILES string of the molecule is CCn1nnc2cc(C(=O)OCc3ccc(OC)cc3)ccc21. The van der Waals surface area contributed by atoms with Gasteiger partial charge < -0.3 is 9.47 Å². The summed E-state index contributed by atoms with van der Waals surface area (Å²) in [6.45, 7) is 2.94. The molecule has 0 saturated carbocycles. The van der Waals surface area contributed by atoms with Gasteiger partial charge in [0, 0.05) is 6.54 Å². The van der Waals surface area contributed by atoms with Crippen LogP contribution < -0.4 is 4.74 Å². The van der Waals surface area contributed by atoms with Crippen molar-refractivity contribution < 1.29 is 14.3 Å². The molecule has 0 radical (unpaired) electrons. The van der Waals surface area contributed by atoms with Crippen LogP contribution in [0.5, 0.6) is 5.75 Å². The third-order valence-electron chi connectivity index (χ3n) is 3.58. The van der Waals surface area contributed by atoms with Gasteiger partial charge in [-0.05, 0) is 42.8 Å². The number of ether oxygens (including phenoxy) is 2. The van der Waals surface area contributed by atoms with Crippen LogP contribution in [0.25, 0.3) is 11.0 Å². The molecule has 0 N–H and O–H groups in total. The van der Waals surface area contributed by atoms with Crippen LogP contribution in [-0.4, -0.2) is 28.1 Å². The first-order valence-corrected chi connectivity index (χ1v) is 7.34. The Balaban J connectivity index is 1.70. The van der Waals surface area contributed by atoms with E-state index in [-0.39, 0.29) is 12.6 Å². The molecule has 6 heteroatoms. The number of methoxy groups -OCH3 is 1. The number of rotatable bonds is 5. The Morgan fingerprint density at radius 1 is 1.17 bits per heavy atom. The van der Waals surface area contributed by atoms with Crippen LogP contribution in [0.15, 0.2) is 42.5 Å². The Hall–Kier alpha value is -2.89. The lowest BCUT2D eigenvalue weighted by Crippen LogP contribution is -2.05. The minimum absolute atomic E-state index is 0.211. The van der Waals surface area contributed by atoms with Crippen LogP contribution in [0.3, 0.4) is 0 Å². The van der Waals surface area contributed by atoms with E-state index in [2.05, 4.69) is 10.3 Å². The number of hydrogen-bond donors (Lipinski definition) is 0. The lowest BCUT2D eigenvalue weighted by Gasteiger charge is -2.06. The van der Waals surface area contributed by atoms with Crippen molar-refractivity contribution in [3.8, 4) is 5.75 Å². The number of carbonyl (C=O) groups excluding carboxylic acids is 1. The van der Waals surface area contributed by atoms with E-state index in [1.165, 1.54) is 0 Å². The first-order chi connectivity index (χ1) is 11.2. The highest BCUT2D eigenvalue weighted by molar-refractivity contribution is 5.93. The summed E-state index contributed by atoms with van der Waals surface area (Å²) in [7, 11) is 1.61. The van der Waals surface area contributed by atoms with Crippen molar-refractivity contribution in [2.45, 2.75) is 20.1 Å². The van der Waals surface area contributed by atoms with Crippen molar-refractivity contribution in [1.29, 1.82) is 0 Å². The first kappa shape index (κ1) is 15.0. The molecule has 0 amide bonds. The van der Waals surface area contributed by atoms with Crippen molar-refractivity contribution >= 4 is 17.0 Å². The molecule has 0 fully saturated rings. The zero-order valence-electron chi connectivity index (χ0n) is 13.0. The maximum absolute atomic E-state index is 12.2. The van der Waals surface area contributed by atoms with Crippen LogP contribution in [0.4, 0.5) is 0 Å². The molecule has 6 nitrogen and oxygen atoms in total. The molecular formula is C17H17N3O3. The smallest absolute Gasteiger partial charge is 0.338 e. The highest BCUT2D eigenvalue weighted by Gasteiger charge is 2.11. The van der Waals surface area contributed by atoms with Crippen molar-refractivity contribution in [3.63, 3.8) is 0 Å². The van der Waals surface area contributed by atoms with Gasteiger partial charge in [-0.2, -0.15) is 0 Å². The number of esters is 1. The Kier molecular flexibility index (Phi) is 4.23. The second kappa shape index (κ2) is 6.48. The molecule has 0 unspecified atom stereocenters. The largest absolute Gasteiger partial charge is 0.497 e. The van der Waals surface area contributed by atoms with Crippen LogP contribution in [0.2, 0.25) is 0 Å². The lowest BCUT2D eigenvalue weighted by atomic mass is 10.2. The van der Waals surface area contributed by atoms with Crippen LogP contribution in [-0.2, 0) is 17.9 Å². The van der Waals surface area contributed by atoms with Crippen molar-refractivity contribution in [2.24, 2.45) is 0 Å². The molecule has 1 aromatic heterocycles. The fraction of sp³-hybridized carbons (Fsp3) is 0.235. The average molecular weight is 311 g/mol. The summed E-state index contributed by atoms with van der Waals surface area (Å²) >= 11 is 0. The van der Waals surface area contributed by atoms with Gasteiger partial charge in [-0.25, -0.2) is 9.48 Å². The molecule has 0 aliphatic carbocycles. The van der Waals surface area contributed by atoms with Gasteiger partial charge >= 0.3 is 5.97 Å². The molecule has 118 valence electrons. The number of benzene rings is 2. The van der Waals surface area contributed by atoms with Gasteiger partial charge in [0.15, 0.2) is 0 Å². The lowest BCUT2D eigenvalue weighted by molar-refractivity contribution is 0.0473. The fourth-order valence-corrected chi connectivity index (χ4v) is 2.29. The summed E-state index contributed by atoms with van der Waals surface area (Å²) in [5.74, 6) is 0.387. The van der Waals surface area contributed by atoms with E-state index in [4.69, 9.17) is 9.47 Å². The normalized spacial score (nSPS) is 10.7. The summed E-state index contributed by atoms with van der Waals surface area (Å²) in [6.07, 6.45) is 0. The molecular weight excluding hydrogens is 294 g/mol. The Morgan fingerprint density at radius 3 is 2.65 bits per heavy atom. The van der Waals surface area contributed by atoms with E-state index in [1.54, 1.807) is 23.9 Å². The van der Waals surface area contributed by atoms with Crippen LogP contribution in [0.1, 0.15) is 22.8 Å². The van der Waals surface area contributed by atoms with Gasteiger partial charge in [0.2, 0.25) is 0 Å². The third kappa shape index (κ3) is 3.15. The number of fused-ring (bicyclic) bond motifs is 1. The Bertz CT molecular complexity index is 825. The molecule has 3 rings (SSSR count). The Labute approximate surface area is 133 Å². The number of nitrogens with zero attached hydrogens (tertiary/aromatic N) is 3. The van der Waals surface area contributed by atoms with Crippen molar-refractivity contribution in [1.82, 2.24) is 15.0 Å². The number of aromatic nitrogens is 3. The van der Waals surface area contributed by atoms with Crippen molar-refractivity contribution in [3.05, 3.63) is 53.6 Å². The number of hydrogen-bond acceptors (Lipinski definition) is 5. The summed E-state index contributed by atoms with van der Waals surface area (Å²) in [4.78, 5) is 12.2. The van der Waals surface area contributed by atoms with Crippen LogP contribution in [0, 0.1) is 0 Å². The minimum atomic E-state index is -0.381. The Morgan fingerprint density at radius 2 is 1.96 bits per heavy atom. The number of aryl methyl sites for hydroxylation is 1. The maximum Gasteiger partial charge on any atom is 0.338 e. The summed E-state index contributed by atoms with van der Waals surface area (Å²) < 4.78 is 12.2. The van der Waals surface area contributed by atoms with Gasteiger partial charge in [-0.1, -0.05) is 17.3 Å². The van der Waals surface area contributed by atoms with E-state index < -0.39 is 0 Å². The van der Waals surface area contributed by atoms with Crippen LogP contribution >= 0.6 is 0 Å². The summed E-state index contributed by atoms with van der Waals surface area (Å²) in [6, 6.07) is 12.7. The molecule has 0 bridgehead atoms. The molecule has 0 atom stereocenters. The van der Waals surface area contributed by atoms with Gasteiger partial charge in [-0.3, -0.25) is 0 Å². The quantitative estimate of drug-likeness (QED) is 0.678. The van der Waals surface area contributed by atoms with Gasteiger partial charge in [0.05, 0.1) is 18.2 Å². The van der Waals surface area contributed by atoms with Crippen molar-refractivity contribution in [2.75, 3.05) is 7.11 Å². The van der Waals surface area contributed by atoms with E-state index in [9.17, 15) is 4.79 Å². The predicted molar refractivity (Wildman–Crippen MR) is 85.3 cm³/mol. The molecule has 0 aliphatic rings. The van der Waals surface area contributed by atoms with Gasteiger partial charge in [0.1, 0.15) is 17.9 Å². The number of carbonyl (C=O) groups is 1. The highest BCUT2D eigenvalue weighted by atomic mass is 16.5. The van der Waals surface area contributed by atoms with E-state index in [0.29, 0.717) is 11.1 Å². The minimum Gasteiger partial charge on any atom is -0.497 e. The zero-order valence-corrected chi connectivity index (χ0v) is 13.0. The summed E-state index contributed by atoms with van der Waals surface area (Å²) in [5.41, 5.74) is 2.95. The van der Waals surface area contributed by atoms with E-state index in [1.807, 2.05) is 37.3 Å². The fourth-order valence-electron chi connectivity index (χ4n) is 2.29. The standard InChI is InChI=1S/C17H17N3O3/c1-3-20-16-9-6-13(10-15(16)18-19-20)17(21)23-11-12-4-7-14(22-2)8-5-12/h4-10H,3,11H2,1-2H3. The molecule has 3 aromatic rings. The molecule has 0 spiro atoms. The molecule has 2 aromatic carbocycles. The van der Waals surface area contributed by atoms with Gasteiger partial charge in [-0.15, -0.1) is 5.10 Å². The van der Waals surface area contributed by atoms with Gasteiger partial charge in [0.25, 0.3) is 0 Å². The van der Waals surface area contributed by atoms with E-state index in [0.717, 1.165) is 23.4 Å². The highest BCUT2D eigenvalue weighted by Crippen LogP contribution is 2.16. The monoisotopic (exact) mass is 311 g/mol. The molecule has 0 saturated heterocycles. The molecule has 23 heavy (non-hydrogen) atoms. The zero-order chi connectivity index (χ0) is 16.2. The molecule has 1 heterocycles. The molecule has 0 aliphatic heterocycles. The average Bonchev–Trinajstić information content (AvgIpc) is 3.02. The topological polar surface area (TPSA) is 66.2 Å². The maximum atomic E-state index is 12.2. The third-order valence-corrected chi connectivity index (χ3v) is 3.58. The second-order valence-corrected chi connectivity index (χ2v) is 5.03. The van der Waals surface area contributed by atoms with E-state index >= 15 is 0 Å². The predicted octanol–water partition coefficient (Wildman–Crippen LogP) is 2.82. The second-order valence-electron chi connectivity index (χ2n) is 5.03.